The summed E-state index contributed by atoms with van der Waals surface area (Å²) in [6, 6.07) is 2.62. The number of aromatic nitrogens is 2. The summed E-state index contributed by atoms with van der Waals surface area (Å²) in [5.41, 5.74) is 0.984. The van der Waals surface area contributed by atoms with E-state index in [1.54, 1.807) is 6.92 Å². The van der Waals surface area contributed by atoms with E-state index in [-0.39, 0.29) is 16.4 Å². The van der Waals surface area contributed by atoms with Crippen molar-refractivity contribution in [3.8, 4) is 11.3 Å². The second kappa shape index (κ2) is 4.98. The van der Waals surface area contributed by atoms with Crippen LogP contribution in [0.1, 0.15) is 18.1 Å². The van der Waals surface area contributed by atoms with Crippen LogP contribution in [0, 0.1) is 18.6 Å². The van der Waals surface area contributed by atoms with Crippen molar-refractivity contribution in [1.82, 2.24) is 9.97 Å². The molecule has 5 heteroatoms. The van der Waals surface area contributed by atoms with Crippen molar-refractivity contribution in [1.29, 1.82) is 0 Å². The fraction of sp³-hybridized carbons (Fsp3) is 0.231. The Hall–Kier alpha value is -1.55. The molecule has 0 bridgehead atoms. The first-order valence-electron chi connectivity index (χ1n) is 5.50. The van der Waals surface area contributed by atoms with Crippen LogP contribution in [0.25, 0.3) is 11.3 Å². The van der Waals surface area contributed by atoms with Gasteiger partial charge >= 0.3 is 0 Å². The summed E-state index contributed by atoms with van der Waals surface area (Å²) in [5.74, 6) is -1.26. The predicted octanol–water partition coefficient (Wildman–Crippen LogP) is 3.95. The van der Waals surface area contributed by atoms with Gasteiger partial charge in [0.15, 0.2) is 0 Å². The number of nitrogens with zero attached hydrogens (tertiary/aromatic N) is 2. The molecule has 0 N–H and O–H groups in total. The summed E-state index contributed by atoms with van der Waals surface area (Å²) < 4.78 is 27.9. The lowest BCUT2D eigenvalue weighted by molar-refractivity contribution is 0.582. The molecule has 0 spiro atoms. The van der Waals surface area contributed by atoms with Crippen LogP contribution >= 0.6 is 11.6 Å². The highest BCUT2D eigenvalue weighted by Gasteiger charge is 2.19. The maximum Gasteiger partial charge on any atom is 0.138 e. The minimum absolute atomic E-state index is 0.142. The van der Waals surface area contributed by atoms with Crippen LogP contribution < -0.4 is 0 Å². The van der Waals surface area contributed by atoms with Crippen LogP contribution in [0.4, 0.5) is 8.78 Å². The molecule has 1 heterocycles. The molecule has 2 aromatic rings. The molecule has 2 nitrogen and oxygen atoms in total. The monoisotopic (exact) mass is 268 g/mol. The summed E-state index contributed by atoms with van der Waals surface area (Å²) in [5, 5.41) is 0.225. The smallest absolute Gasteiger partial charge is 0.138 e. The molecule has 94 valence electrons. The maximum absolute atomic E-state index is 14.1. The van der Waals surface area contributed by atoms with E-state index in [0.29, 0.717) is 17.5 Å². The third kappa shape index (κ3) is 2.08. The van der Waals surface area contributed by atoms with Gasteiger partial charge in [-0.1, -0.05) is 24.6 Å². The van der Waals surface area contributed by atoms with Gasteiger partial charge in [-0.2, -0.15) is 0 Å². The quantitative estimate of drug-likeness (QED) is 0.771. The fourth-order valence-electron chi connectivity index (χ4n) is 1.79. The first-order chi connectivity index (χ1) is 8.56. The molecule has 0 radical (unpaired) electrons. The lowest BCUT2D eigenvalue weighted by Crippen LogP contribution is -2.01. The molecule has 1 aromatic heterocycles. The largest absolute Gasteiger partial charge is 0.236 e. The van der Waals surface area contributed by atoms with Gasteiger partial charge in [-0.3, -0.25) is 0 Å². The summed E-state index contributed by atoms with van der Waals surface area (Å²) in [4.78, 5) is 7.80. The van der Waals surface area contributed by atoms with E-state index in [1.165, 1.54) is 18.5 Å². The number of halogens is 3. The molecule has 0 saturated carbocycles. The number of rotatable bonds is 2. The Kier molecular flexibility index (Phi) is 3.57. The van der Waals surface area contributed by atoms with Crippen molar-refractivity contribution in [2.75, 3.05) is 0 Å². The number of benzene rings is 1. The highest BCUT2D eigenvalue weighted by atomic mass is 35.5. The molecular weight excluding hydrogens is 258 g/mol. The molecule has 0 aliphatic carbocycles. The predicted molar refractivity (Wildman–Crippen MR) is 66.5 cm³/mol. The summed E-state index contributed by atoms with van der Waals surface area (Å²) >= 11 is 5.93. The second-order valence-corrected chi connectivity index (χ2v) is 4.26. The van der Waals surface area contributed by atoms with Gasteiger partial charge in [-0.15, -0.1) is 0 Å². The molecule has 0 saturated heterocycles. The van der Waals surface area contributed by atoms with Crippen LogP contribution in [0.15, 0.2) is 18.5 Å². The van der Waals surface area contributed by atoms with Crippen molar-refractivity contribution < 1.29 is 8.78 Å². The van der Waals surface area contributed by atoms with Crippen molar-refractivity contribution in [2.24, 2.45) is 0 Å². The third-order valence-electron chi connectivity index (χ3n) is 2.77. The lowest BCUT2D eigenvalue weighted by Gasteiger charge is -2.11. The first kappa shape index (κ1) is 12.9. The van der Waals surface area contributed by atoms with Gasteiger partial charge in [0.2, 0.25) is 0 Å². The lowest BCUT2D eigenvalue weighted by atomic mass is 10.0. The average Bonchev–Trinajstić information content (AvgIpc) is 2.35. The SMILES string of the molecule is CCc1c(Cl)ncnc1-c1c(F)ccc(C)c1F. The molecule has 0 amide bonds. The molecule has 0 atom stereocenters. The van der Waals surface area contributed by atoms with Crippen molar-refractivity contribution >= 4 is 11.6 Å². The molecule has 0 unspecified atom stereocenters. The Morgan fingerprint density at radius 2 is 1.94 bits per heavy atom. The van der Waals surface area contributed by atoms with Crippen LogP contribution in [0.2, 0.25) is 5.15 Å². The highest BCUT2D eigenvalue weighted by Crippen LogP contribution is 2.31. The van der Waals surface area contributed by atoms with Crippen LogP contribution in [-0.4, -0.2) is 9.97 Å². The van der Waals surface area contributed by atoms with Gasteiger partial charge in [0, 0.05) is 5.56 Å². The Bertz CT molecular complexity index is 600. The number of hydrogen-bond donors (Lipinski definition) is 0. The Morgan fingerprint density at radius 1 is 1.22 bits per heavy atom. The van der Waals surface area contributed by atoms with E-state index in [0.717, 1.165) is 0 Å². The van der Waals surface area contributed by atoms with Crippen LogP contribution in [0.5, 0.6) is 0 Å². The standard InChI is InChI=1S/C13H11ClF2N2/c1-3-8-12(17-6-18-13(8)14)10-9(15)5-4-7(2)11(10)16/h4-6H,3H2,1-2H3. The van der Waals surface area contributed by atoms with Gasteiger partial charge in [0.25, 0.3) is 0 Å². The van der Waals surface area contributed by atoms with E-state index in [9.17, 15) is 8.78 Å². The first-order valence-corrected chi connectivity index (χ1v) is 5.88. The Morgan fingerprint density at radius 3 is 2.61 bits per heavy atom. The van der Waals surface area contributed by atoms with Crippen molar-refractivity contribution in [2.45, 2.75) is 20.3 Å². The van der Waals surface area contributed by atoms with Crippen molar-refractivity contribution in [3.05, 3.63) is 46.4 Å². The maximum atomic E-state index is 14.1. The molecular formula is C13H11ClF2N2. The van der Waals surface area contributed by atoms with Gasteiger partial charge < -0.3 is 0 Å². The number of hydrogen-bond acceptors (Lipinski definition) is 2. The number of aryl methyl sites for hydroxylation is 1. The molecule has 0 fully saturated rings. The van der Waals surface area contributed by atoms with E-state index in [2.05, 4.69) is 9.97 Å². The molecule has 2 rings (SSSR count). The van der Waals surface area contributed by atoms with Crippen LogP contribution in [-0.2, 0) is 6.42 Å². The Labute approximate surface area is 109 Å². The zero-order valence-electron chi connectivity index (χ0n) is 9.97. The zero-order valence-corrected chi connectivity index (χ0v) is 10.7. The van der Waals surface area contributed by atoms with E-state index in [4.69, 9.17) is 11.6 Å². The molecule has 18 heavy (non-hydrogen) atoms. The third-order valence-corrected chi connectivity index (χ3v) is 3.09. The van der Waals surface area contributed by atoms with Gasteiger partial charge in [-0.05, 0) is 25.0 Å². The highest BCUT2D eigenvalue weighted by molar-refractivity contribution is 6.30. The fourth-order valence-corrected chi connectivity index (χ4v) is 2.06. The molecule has 0 aliphatic rings. The van der Waals surface area contributed by atoms with Gasteiger partial charge in [-0.25, -0.2) is 18.7 Å². The average molecular weight is 269 g/mol. The molecule has 0 aliphatic heterocycles. The van der Waals surface area contributed by atoms with Gasteiger partial charge in [0.05, 0.1) is 11.3 Å². The Balaban J connectivity index is 2.77. The second-order valence-electron chi connectivity index (χ2n) is 3.90. The topological polar surface area (TPSA) is 25.8 Å². The summed E-state index contributed by atoms with van der Waals surface area (Å²) in [6.07, 6.45) is 1.71. The summed E-state index contributed by atoms with van der Waals surface area (Å²) in [7, 11) is 0. The zero-order chi connectivity index (χ0) is 13.3. The minimum Gasteiger partial charge on any atom is -0.236 e. The minimum atomic E-state index is -0.650. The van der Waals surface area contributed by atoms with E-state index < -0.39 is 11.6 Å². The van der Waals surface area contributed by atoms with Crippen molar-refractivity contribution in [3.63, 3.8) is 0 Å². The normalized spacial score (nSPS) is 10.7. The van der Waals surface area contributed by atoms with E-state index >= 15 is 0 Å². The van der Waals surface area contributed by atoms with E-state index in [1.807, 2.05) is 6.92 Å². The van der Waals surface area contributed by atoms with Gasteiger partial charge in [0.1, 0.15) is 23.1 Å². The molecule has 1 aromatic carbocycles. The summed E-state index contributed by atoms with van der Waals surface area (Å²) in [6.45, 7) is 3.41. The van der Waals surface area contributed by atoms with Crippen LogP contribution in [0.3, 0.4) is 0 Å².